The molecule has 0 bridgehead atoms. The van der Waals surface area contributed by atoms with Crippen LogP contribution >= 0.6 is 0 Å². The molecule has 3 aromatic rings. The highest BCUT2D eigenvalue weighted by molar-refractivity contribution is 6.06. The lowest BCUT2D eigenvalue weighted by atomic mass is 9.89. The van der Waals surface area contributed by atoms with E-state index in [9.17, 15) is 9.90 Å². The Morgan fingerprint density at radius 3 is 2.50 bits per heavy atom. The number of carbonyl (C=O) groups excluding carboxylic acids is 1. The summed E-state index contributed by atoms with van der Waals surface area (Å²) in [6.45, 7) is 3.93. The van der Waals surface area contributed by atoms with Gasteiger partial charge in [0.15, 0.2) is 0 Å². The minimum absolute atomic E-state index is 0.0482. The van der Waals surface area contributed by atoms with E-state index in [4.69, 9.17) is 0 Å². The number of pyridine rings is 1. The molecule has 0 fully saturated rings. The number of rotatable bonds is 4. The van der Waals surface area contributed by atoms with Crippen LogP contribution < -0.4 is 5.32 Å². The fourth-order valence-electron chi connectivity index (χ4n) is 3.31. The standard InChI is InChI=1S/C19H21NO2.C5H5N/c1-12(2)17(11-21)20-19(22)16-10-9-14-6-3-5-13-7-4-8-15(16)18(13)14;1-2-4-6-5-3-1/h3-6,8-10,12,17,21H,7,11H2,1-2H3,(H,20,22);1-5H/t17-;/m1./s1. The Balaban J connectivity index is 0.000000320. The number of aromatic nitrogens is 1. The van der Waals surface area contributed by atoms with Crippen molar-refractivity contribution in [3.63, 3.8) is 0 Å². The molecule has 0 spiro atoms. The van der Waals surface area contributed by atoms with Gasteiger partial charge in [-0.05, 0) is 52.4 Å². The van der Waals surface area contributed by atoms with Gasteiger partial charge in [-0.25, -0.2) is 0 Å². The summed E-state index contributed by atoms with van der Waals surface area (Å²) in [6.07, 6.45) is 8.54. The van der Waals surface area contributed by atoms with Gasteiger partial charge >= 0.3 is 0 Å². The molecule has 4 heteroatoms. The Kier molecular flexibility index (Phi) is 6.56. The Morgan fingerprint density at radius 2 is 1.89 bits per heavy atom. The number of aliphatic hydroxyl groups is 1. The van der Waals surface area contributed by atoms with Crippen LogP contribution in [0.5, 0.6) is 0 Å². The Morgan fingerprint density at radius 1 is 1.11 bits per heavy atom. The monoisotopic (exact) mass is 374 g/mol. The number of benzene rings is 2. The van der Waals surface area contributed by atoms with Crippen molar-refractivity contribution in [3.05, 3.63) is 83.7 Å². The van der Waals surface area contributed by atoms with Crippen LogP contribution in [0.25, 0.3) is 16.8 Å². The van der Waals surface area contributed by atoms with Crippen LogP contribution in [0.15, 0.2) is 67.0 Å². The molecule has 1 aromatic heterocycles. The lowest BCUT2D eigenvalue weighted by Gasteiger charge is -2.22. The van der Waals surface area contributed by atoms with E-state index in [-0.39, 0.29) is 24.5 Å². The van der Waals surface area contributed by atoms with Gasteiger partial charge in [0.25, 0.3) is 5.91 Å². The molecule has 0 aliphatic heterocycles. The molecule has 144 valence electrons. The van der Waals surface area contributed by atoms with E-state index < -0.39 is 0 Å². The molecular formula is C24H26N2O2. The average molecular weight is 374 g/mol. The van der Waals surface area contributed by atoms with E-state index in [1.807, 2.05) is 50.3 Å². The highest BCUT2D eigenvalue weighted by Crippen LogP contribution is 2.31. The quantitative estimate of drug-likeness (QED) is 0.718. The number of nitrogens with one attached hydrogen (secondary N) is 1. The summed E-state index contributed by atoms with van der Waals surface area (Å²) in [5, 5.41) is 14.7. The second-order valence-electron chi connectivity index (χ2n) is 7.18. The second kappa shape index (κ2) is 9.29. The van der Waals surface area contributed by atoms with Gasteiger partial charge in [-0.3, -0.25) is 9.78 Å². The normalized spacial score (nSPS) is 13.0. The van der Waals surface area contributed by atoms with Gasteiger partial charge < -0.3 is 10.4 Å². The summed E-state index contributed by atoms with van der Waals surface area (Å²) in [4.78, 5) is 16.4. The van der Waals surface area contributed by atoms with Crippen molar-refractivity contribution in [1.29, 1.82) is 0 Å². The van der Waals surface area contributed by atoms with Gasteiger partial charge in [0.1, 0.15) is 0 Å². The van der Waals surface area contributed by atoms with Crippen LogP contribution in [0.3, 0.4) is 0 Å². The molecular weight excluding hydrogens is 348 g/mol. The van der Waals surface area contributed by atoms with E-state index in [0.29, 0.717) is 5.56 Å². The molecule has 0 saturated heterocycles. The Labute approximate surface area is 165 Å². The number of carbonyl (C=O) groups is 1. The first kappa shape index (κ1) is 19.8. The minimum Gasteiger partial charge on any atom is -0.394 e. The summed E-state index contributed by atoms with van der Waals surface area (Å²) in [6, 6.07) is 15.6. The van der Waals surface area contributed by atoms with Gasteiger partial charge in [0.2, 0.25) is 0 Å². The first-order valence-electron chi connectivity index (χ1n) is 9.59. The van der Waals surface area contributed by atoms with E-state index in [1.54, 1.807) is 12.4 Å². The maximum absolute atomic E-state index is 12.6. The third-order valence-corrected chi connectivity index (χ3v) is 4.92. The number of amides is 1. The van der Waals surface area contributed by atoms with Crippen LogP contribution in [0, 0.1) is 5.92 Å². The molecule has 1 atom stereocenters. The largest absolute Gasteiger partial charge is 0.394 e. The number of hydrogen-bond donors (Lipinski definition) is 2. The molecule has 1 amide bonds. The van der Waals surface area contributed by atoms with Gasteiger partial charge in [-0.15, -0.1) is 0 Å². The first-order valence-corrected chi connectivity index (χ1v) is 9.59. The molecule has 2 aromatic carbocycles. The fourth-order valence-corrected chi connectivity index (χ4v) is 3.31. The van der Waals surface area contributed by atoms with Crippen LogP contribution in [-0.2, 0) is 6.42 Å². The van der Waals surface area contributed by atoms with Crippen LogP contribution in [0.1, 0.15) is 35.3 Å². The van der Waals surface area contributed by atoms with Crippen molar-refractivity contribution in [2.75, 3.05) is 6.61 Å². The molecule has 0 saturated carbocycles. The predicted molar refractivity (Wildman–Crippen MR) is 114 cm³/mol. The SMILES string of the molecule is CC(C)[C@@H](CO)NC(=O)c1ccc2cccc3c2c1C=CC3.c1ccncc1. The summed E-state index contributed by atoms with van der Waals surface area (Å²) in [5.74, 6) is 0.0721. The third kappa shape index (κ3) is 4.46. The predicted octanol–water partition coefficient (Wildman–Crippen LogP) is 4.24. The van der Waals surface area contributed by atoms with Gasteiger partial charge in [0.05, 0.1) is 12.6 Å². The number of allylic oxidation sites excluding steroid dienone is 1. The molecule has 28 heavy (non-hydrogen) atoms. The molecule has 4 rings (SSSR count). The van der Waals surface area contributed by atoms with Crippen molar-refractivity contribution >= 4 is 22.8 Å². The van der Waals surface area contributed by atoms with Crippen molar-refractivity contribution < 1.29 is 9.90 Å². The smallest absolute Gasteiger partial charge is 0.252 e. The first-order chi connectivity index (χ1) is 13.6. The summed E-state index contributed by atoms with van der Waals surface area (Å²) >= 11 is 0. The fraction of sp³-hybridized carbons (Fsp3) is 0.250. The second-order valence-corrected chi connectivity index (χ2v) is 7.18. The van der Waals surface area contributed by atoms with Gasteiger partial charge in [0, 0.05) is 18.0 Å². The molecule has 0 radical (unpaired) electrons. The highest BCUT2D eigenvalue weighted by atomic mass is 16.3. The maximum Gasteiger partial charge on any atom is 0.252 e. The lowest BCUT2D eigenvalue weighted by molar-refractivity contribution is 0.0897. The molecule has 1 aliphatic rings. The Hall–Kier alpha value is -2.98. The number of aliphatic hydroxyl groups excluding tert-OH is 1. The van der Waals surface area contributed by atoms with Crippen molar-refractivity contribution in [3.8, 4) is 0 Å². The summed E-state index contributed by atoms with van der Waals surface area (Å²) in [5.41, 5.74) is 2.92. The zero-order valence-electron chi connectivity index (χ0n) is 16.3. The van der Waals surface area contributed by atoms with Crippen LogP contribution in [-0.4, -0.2) is 28.6 Å². The van der Waals surface area contributed by atoms with Crippen molar-refractivity contribution in [2.24, 2.45) is 5.92 Å². The van der Waals surface area contributed by atoms with Gasteiger partial charge in [-0.1, -0.05) is 56.3 Å². The Bertz CT molecular complexity index is 938. The number of nitrogens with zero attached hydrogens (tertiary/aromatic N) is 1. The lowest BCUT2D eigenvalue weighted by Crippen LogP contribution is -2.41. The van der Waals surface area contributed by atoms with E-state index in [1.165, 1.54) is 10.9 Å². The molecule has 1 aliphatic carbocycles. The van der Waals surface area contributed by atoms with E-state index in [0.717, 1.165) is 17.4 Å². The molecule has 0 unspecified atom stereocenters. The molecule has 2 N–H and O–H groups in total. The van der Waals surface area contributed by atoms with E-state index in [2.05, 4.69) is 34.6 Å². The summed E-state index contributed by atoms with van der Waals surface area (Å²) < 4.78 is 0. The van der Waals surface area contributed by atoms with Crippen LogP contribution in [0.2, 0.25) is 0 Å². The molecule has 4 nitrogen and oxygen atoms in total. The zero-order valence-corrected chi connectivity index (χ0v) is 16.3. The minimum atomic E-state index is -0.224. The van der Waals surface area contributed by atoms with Gasteiger partial charge in [-0.2, -0.15) is 0 Å². The topological polar surface area (TPSA) is 62.2 Å². The zero-order chi connectivity index (χ0) is 19.9. The summed E-state index contributed by atoms with van der Waals surface area (Å²) in [7, 11) is 0. The highest BCUT2D eigenvalue weighted by Gasteiger charge is 2.20. The average Bonchev–Trinajstić information content (AvgIpc) is 2.74. The van der Waals surface area contributed by atoms with Crippen molar-refractivity contribution in [2.45, 2.75) is 26.3 Å². The van der Waals surface area contributed by atoms with E-state index >= 15 is 0 Å². The molecule has 1 heterocycles. The van der Waals surface area contributed by atoms with Crippen molar-refractivity contribution in [1.82, 2.24) is 10.3 Å². The third-order valence-electron chi connectivity index (χ3n) is 4.92. The number of hydrogen-bond acceptors (Lipinski definition) is 3. The maximum atomic E-state index is 12.6. The van der Waals surface area contributed by atoms with Crippen LogP contribution in [0.4, 0.5) is 0 Å².